The van der Waals surface area contributed by atoms with Gasteiger partial charge >= 0.3 is 12.1 Å². The zero-order valence-corrected chi connectivity index (χ0v) is 21.7. The van der Waals surface area contributed by atoms with Gasteiger partial charge in [-0.3, -0.25) is 9.36 Å². The minimum Gasteiger partial charge on any atom is -0.341 e. The summed E-state index contributed by atoms with van der Waals surface area (Å²) in [7, 11) is 0. The maximum atomic E-state index is 13.3. The second-order valence-electron chi connectivity index (χ2n) is 8.90. The third kappa shape index (κ3) is 5.37. The number of imidazole rings is 1. The van der Waals surface area contributed by atoms with E-state index in [1.165, 1.54) is 0 Å². The number of unbranched alkanes of at least 4 members (excludes halogenated alkanes) is 1. The van der Waals surface area contributed by atoms with Crippen LogP contribution in [0.25, 0.3) is 0 Å². The number of aromatic nitrogens is 2. The van der Waals surface area contributed by atoms with Crippen LogP contribution < -0.4 is 10.6 Å². The Morgan fingerprint density at radius 1 is 1.21 bits per heavy atom. The van der Waals surface area contributed by atoms with E-state index in [-0.39, 0.29) is 24.0 Å². The fraction of sp³-hybridized carbons (Fsp3) is 0.500. The Kier molecular flexibility index (Phi) is 7.74. The highest BCUT2D eigenvalue weighted by atomic mass is 127. The van der Waals surface area contributed by atoms with Crippen LogP contribution in [0.3, 0.4) is 0 Å². The fourth-order valence-corrected chi connectivity index (χ4v) is 5.02. The fourth-order valence-electron chi connectivity index (χ4n) is 4.66. The van der Waals surface area contributed by atoms with Gasteiger partial charge in [0.2, 0.25) is 5.91 Å². The van der Waals surface area contributed by atoms with Gasteiger partial charge in [0.05, 0.1) is 18.4 Å². The van der Waals surface area contributed by atoms with E-state index in [0.29, 0.717) is 37.6 Å². The molecule has 0 aliphatic carbocycles. The number of fused-ring (bicyclic) bond motifs is 1. The minimum atomic E-state index is -0.566. The largest absolute Gasteiger partial charge is 0.341 e. The topological polar surface area (TPSA) is 99.6 Å². The molecule has 0 bridgehead atoms. The summed E-state index contributed by atoms with van der Waals surface area (Å²) < 4.78 is 2.76. The predicted octanol–water partition coefficient (Wildman–Crippen LogP) is 3.95. The zero-order chi connectivity index (χ0) is 24.2. The van der Waals surface area contributed by atoms with Gasteiger partial charge in [0.15, 0.2) is 0 Å². The van der Waals surface area contributed by atoms with Crippen molar-refractivity contribution in [1.29, 1.82) is 0 Å². The average Bonchev–Trinajstić information content (AvgIpc) is 3.37. The van der Waals surface area contributed by atoms with E-state index >= 15 is 0 Å². The summed E-state index contributed by atoms with van der Waals surface area (Å²) in [5.74, 6) is 0.659. The quantitative estimate of drug-likeness (QED) is 0.487. The molecule has 0 saturated carbocycles. The third-order valence-electron chi connectivity index (χ3n) is 6.55. The highest BCUT2D eigenvalue weighted by Gasteiger charge is 2.37. The summed E-state index contributed by atoms with van der Waals surface area (Å²) in [6, 6.07) is 6.64. The van der Waals surface area contributed by atoms with Crippen molar-refractivity contribution < 1.29 is 14.4 Å². The maximum absolute atomic E-state index is 13.3. The Morgan fingerprint density at radius 3 is 2.56 bits per heavy atom. The van der Waals surface area contributed by atoms with Crippen molar-refractivity contribution in [2.24, 2.45) is 0 Å². The van der Waals surface area contributed by atoms with E-state index in [1.54, 1.807) is 10.8 Å². The first-order valence-corrected chi connectivity index (χ1v) is 12.9. The summed E-state index contributed by atoms with van der Waals surface area (Å²) >= 11 is 2.21. The van der Waals surface area contributed by atoms with Crippen molar-refractivity contribution in [3.63, 3.8) is 0 Å². The van der Waals surface area contributed by atoms with E-state index in [1.807, 2.05) is 41.0 Å². The summed E-state index contributed by atoms with van der Waals surface area (Å²) in [6.45, 7) is 5.62. The van der Waals surface area contributed by atoms with Gasteiger partial charge in [0, 0.05) is 28.4 Å². The molecule has 4 amide bonds. The number of hydrogen-bond donors (Lipinski definition) is 2. The molecule has 2 aromatic rings. The molecule has 1 aromatic carbocycles. The van der Waals surface area contributed by atoms with Gasteiger partial charge in [-0.05, 0) is 73.0 Å². The highest BCUT2D eigenvalue weighted by Crippen LogP contribution is 2.26. The lowest BCUT2D eigenvalue weighted by Crippen LogP contribution is -2.53. The Hall–Kier alpha value is -2.63. The molecule has 9 nitrogen and oxygen atoms in total. The number of hydrogen-bond acceptors (Lipinski definition) is 4. The van der Waals surface area contributed by atoms with Crippen molar-refractivity contribution in [3.05, 3.63) is 45.6 Å². The number of nitrogens with zero attached hydrogens (tertiary/aromatic N) is 4. The maximum Gasteiger partial charge on any atom is 0.330 e. The highest BCUT2D eigenvalue weighted by molar-refractivity contribution is 14.1. The van der Waals surface area contributed by atoms with E-state index in [0.717, 1.165) is 34.9 Å². The van der Waals surface area contributed by atoms with Crippen LogP contribution in [0, 0.1) is 10.5 Å². The minimum absolute atomic E-state index is 0.0236. The van der Waals surface area contributed by atoms with Crippen LogP contribution in [0.4, 0.5) is 15.3 Å². The van der Waals surface area contributed by atoms with Crippen LogP contribution in [0.5, 0.6) is 0 Å². The second-order valence-corrected chi connectivity index (χ2v) is 10.1. The summed E-state index contributed by atoms with van der Waals surface area (Å²) in [5.41, 5.74) is 1.61. The standard InChI is InChI=1S/C24H31IN6O3/c1-3-4-5-21(28-23(33)27-18-8-6-17(25)7-9-18)22(32)29-12-10-19(11-13-29)30-15-20-14-26-16(2)31(20)24(30)34/h6-9,14,19,21H,3-5,10-13,15H2,1-2H3,(H2,27,28,33)/t21-/m1/s1. The number of halogens is 1. The molecule has 2 aliphatic rings. The second kappa shape index (κ2) is 10.7. The molecule has 1 saturated heterocycles. The molecular weight excluding hydrogens is 547 g/mol. The number of aryl methyl sites for hydroxylation is 1. The van der Waals surface area contributed by atoms with Crippen LogP contribution in [0.15, 0.2) is 30.5 Å². The zero-order valence-electron chi connectivity index (χ0n) is 19.6. The number of nitrogens with one attached hydrogen (secondary N) is 2. The van der Waals surface area contributed by atoms with Crippen molar-refractivity contribution in [1.82, 2.24) is 24.7 Å². The molecular formula is C24H31IN6O3. The monoisotopic (exact) mass is 578 g/mol. The van der Waals surface area contributed by atoms with Crippen molar-refractivity contribution in [2.45, 2.75) is 64.6 Å². The Bertz CT molecular complexity index is 1050. The van der Waals surface area contributed by atoms with E-state index in [9.17, 15) is 14.4 Å². The number of rotatable bonds is 7. The molecule has 0 spiro atoms. The van der Waals surface area contributed by atoms with Gasteiger partial charge in [-0.2, -0.15) is 0 Å². The Morgan fingerprint density at radius 2 is 1.91 bits per heavy atom. The molecule has 0 radical (unpaired) electrons. The molecule has 1 atom stereocenters. The molecule has 1 fully saturated rings. The SMILES string of the molecule is CCCC[C@@H](NC(=O)Nc1ccc(I)cc1)C(=O)N1CCC(N2Cc3cnc(C)n3C2=O)CC1. The van der Waals surface area contributed by atoms with Crippen molar-refractivity contribution in [3.8, 4) is 0 Å². The average molecular weight is 578 g/mol. The Balaban J connectivity index is 1.33. The summed E-state index contributed by atoms with van der Waals surface area (Å²) in [5, 5.41) is 5.70. The number of urea groups is 1. The molecule has 10 heteroatoms. The van der Waals surface area contributed by atoms with Gasteiger partial charge in [0.25, 0.3) is 0 Å². The van der Waals surface area contributed by atoms with Crippen LogP contribution in [-0.2, 0) is 11.3 Å². The number of likely N-dealkylation sites (tertiary alicyclic amines) is 1. The van der Waals surface area contributed by atoms with Gasteiger partial charge in [-0.15, -0.1) is 0 Å². The molecule has 2 aliphatic heterocycles. The van der Waals surface area contributed by atoms with Crippen molar-refractivity contribution >= 4 is 46.2 Å². The number of carbonyl (C=O) groups is 3. The first-order valence-electron chi connectivity index (χ1n) is 11.8. The van der Waals surface area contributed by atoms with Gasteiger partial charge in [-0.25, -0.2) is 14.6 Å². The molecule has 182 valence electrons. The van der Waals surface area contributed by atoms with Crippen molar-refractivity contribution in [2.75, 3.05) is 18.4 Å². The number of carbonyl (C=O) groups excluding carboxylic acids is 3. The van der Waals surface area contributed by atoms with Gasteiger partial charge in [0.1, 0.15) is 11.9 Å². The first kappa shape index (κ1) is 24.5. The normalized spacial score (nSPS) is 17.0. The lowest BCUT2D eigenvalue weighted by Gasteiger charge is -2.37. The molecule has 4 rings (SSSR count). The van der Waals surface area contributed by atoms with Gasteiger partial charge in [-0.1, -0.05) is 19.8 Å². The number of piperidine rings is 1. The van der Waals surface area contributed by atoms with Crippen LogP contribution in [0.1, 0.15) is 50.5 Å². The number of anilines is 1. The predicted molar refractivity (Wildman–Crippen MR) is 138 cm³/mol. The van der Waals surface area contributed by atoms with E-state index in [4.69, 9.17) is 0 Å². The summed E-state index contributed by atoms with van der Waals surface area (Å²) in [6.07, 6.45) is 5.61. The van der Waals surface area contributed by atoms with E-state index in [2.05, 4.69) is 45.1 Å². The number of benzene rings is 1. The van der Waals surface area contributed by atoms with Crippen LogP contribution in [-0.4, -0.2) is 62.5 Å². The van der Waals surface area contributed by atoms with E-state index < -0.39 is 6.04 Å². The van der Waals surface area contributed by atoms with Crippen LogP contribution in [0.2, 0.25) is 0 Å². The molecule has 34 heavy (non-hydrogen) atoms. The van der Waals surface area contributed by atoms with Gasteiger partial charge < -0.3 is 20.4 Å². The smallest absolute Gasteiger partial charge is 0.330 e. The number of amides is 4. The van der Waals surface area contributed by atoms with Crippen LogP contribution >= 0.6 is 22.6 Å². The molecule has 2 N–H and O–H groups in total. The third-order valence-corrected chi connectivity index (χ3v) is 7.27. The first-order chi connectivity index (χ1) is 16.4. The lowest BCUT2D eigenvalue weighted by atomic mass is 10.0. The molecule has 1 aromatic heterocycles. The molecule has 0 unspecified atom stereocenters. The Labute approximate surface area is 213 Å². The molecule has 3 heterocycles. The lowest BCUT2D eigenvalue weighted by molar-refractivity contribution is -0.134. The summed E-state index contributed by atoms with van der Waals surface area (Å²) in [4.78, 5) is 46.7.